The van der Waals surface area contributed by atoms with Gasteiger partial charge < -0.3 is 5.73 Å². The first kappa shape index (κ1) is 16.0. The van der Waals surface area contributed by atoms with E-state index in [4.69, 9.17) is 5.73 Å². The summed E-state index contributed by atoms with van der Waals surface area (Å²) in [5.41, 5.74) is 7.01. The lowest BCUT2D eigenvalue weighted by Gasteiger charge is -2.29. The molecule has 0 aliphatic heterocycles. The summed E-state index contributed by atoms with van der Waals surface area (Å²) in [6.45, 7) is 0. The van der Waals surface area contributed by atoms with Crippen molar-refractivity contribution in [1.29, 1.82) is 0 Å². The van der Waals surface area contributed by atoms with E-state index in [-0.39, 0.29) is 11.7 Å². The van der Waals surface area contributed by atoms with E-state index in [1.165, 1.54) is 7.05 Å². The van der Waals surface area contributed by atoms with Gasteiger partial charge in [0.2, 0.25) is 15.9 Å². The summed E-state index contributed by atoms with van der Waals surface area (Å²) < 4.78 is 25.5. The summed E-state index contributed by atoms with van der Waals surface area (Å²) in [6.07, 6.45) is 3.51. The van der Waals surface area contributed by atoms with Crippen LogP contribution in [0.3, 0.4) is 0 Å². The Balaban J connectivity index is 2.03. The van der Waals surface area contributed by atoms with Gasteiger partial charge in [0.25, 0.3) is 0 Å². The Morgan fingerprint density at radius 1 is 1.24 bits per heavy atom. The average molecular weight is 310 g/mol. The summed E-state index contributed by atoms with van der Waals surface area (Å²) >= 11 is 0. The fourth-order valence-corrected chi connectivity index (χ4v) is 4.23. The van der Waals surface area contributed by atoms with Gasteiger partial charge in [-0.1, -0.05) is 18.2 Å². The topological polar surface area (TPSA) is 89.3 Å². The Morgan fingerprint density at radius 3 is 2.43 bits per heavy atom. The molecule has 1 amide bonds. The first-order valence-electron chi connectivity index (χ1n) is 7.23. The predicted octanol–water partition coefficient (Wildman–Crippen LogP) is 1.61. The van der Waals surface area contributed by atoms with Gasteiger partial charge in [0.05, 0.1) is 5.75 Å². The van der Waals surface area contributed by atoms with Gasteiger partial charge in [-0.15, -0.1) is 0 Å². The SMILES string of the molecule is CNS(=O)(=O)CC1CCC(c2ccccc2C(N)=O)CC1. The number of sulfonamides is 1. The minimum absolute atomic E-state index is 0.188. The van der Waals surface area contributed by atoms with E-state index in [1.807, 2.05) is 18.2 Å². The zero-order valence-electron chi connectivity index (χ0n) is 12.2. The lowest BCUT2D eigenvalue weighted by molar-refractivity contribution is 0.0998. The van der Waals surface area contributed by atoms with Crippen molar-refractivity contribution in [3.05, 3.63) is 35.4 Å². The maximum absolute atomic E-state index is 11.6. The fraction of sp³-hybridized carbons (Fsp3) is 0.533. The smallest absolute Gasteiger partial charge is 0.248 e. The Labute approximate surface area is 126 Å². The number of carbonyl (C=O) groups is 1. The number of amides is 1. The molecule has 2 rings (SSSR count). The van der Waals surface area contributed by atoms with Crippen molar-refractivity contribution in [3.63, 3.8) is 0 Å². The average Bonchev–Trinajstić information content (AvgIpc) is 2.47. The molecule has 0 aromatic heterocycles. The maximum atomic E-state index is 11.6. The largest absolute Gasteiger partial charge is 0.366 e. The normalized spacial score (nSPS) is 22.9. The van der Waals surface area contributed by atoms with E-state index in [0.29, 0.717) is 11.5 Å². The third kappa shape index (κ3) is 4.04. The molecular formula is C15H22N2O3S. The minimum atomic E-state index is -3.15. The van der Waals surface area contributed by atoms with Gasteiger partial charge in [0, 0.05) is 5.56 Å². The molecule has 0 radical (unpaired) electrons. The van der Waals surface area contributed by atoms with Gasteiger partial charge in [0.15, 0.2) is 0 Å². The van der Waals surface area contributed by atoms with Gasteiger partial charge >= 0.3 is 0 Å². The van der Waals surface area contributed by atoms with E-state index in [9.17, 15) is 13.2 Å². The molecule has 1 aliphatic carbocycles. The van der Waals surface area contributed by atoms with Crippen LogP contribution in [0.5, 0.6) is 0 Å². The first-order valence-corrected chi connectivity index (χ1v) is 8.88. The highest BCUT2D eigenvalue weighted by Gasteiger charge is 2.27. The van der Waals surface area contributed by atoms with Crippen LogP contribution < -0.4 is 10.5 Å². The summed E-state index contributed by atoms with van der Waals surface area (Å²) in [7, 11) is -1.70. The molecule has 1 fully saturated rings. The second-order valence-electron chi connectivity index (χ2n) is 5.65. The van der Waals surface area contributed by atoms with Gasteiger partial charge in [-0.25, -0.2) is 13.1 Å². The van der Waals surface area contributed by atoms with Crippen molar-refractivity contribution >= 4 is 15.9 Å². The van der Waals surface area contributed by atoms with Crippen LogP contribution in [0.1, 0.15) is 47.5 Å². The summed E-state index contributed by atoms with van der Waals surface area (Å²) in [5.74, 6) is 0.278. The van der Waals surface area contributed by atoms with Crippen molar-refractivity contribution in [1.82, 2.24) is 4.72 Å². The van der Waals surface area contributed by atoms with Crippen molar-refractivity contribution in [2.75, 3.05) is 12.8 Å². The van der Waals surface area contributed by atoms with E-state index in [1.54, 1.807) is 6.07 Å². The molecule has 3 N–H and O–H groups in total. The van der Waals surface area contributed by atoms with E-state index in [0.717, 1.165) is 31.2 Å². The molecule has 0 atom stereocenters. The van der Waals surface area contributed by atoms with E-state index in [2.05, 4.69) is 4.72 Å². The molecule has 5 nitrogen and oxygen atoms in total. The Bertz CT molecular complexity index is 605. The van der Waals surface area contributed by atoms with Gasteiger partial charge in [-0.05, 0) is 56.2 Å². The molecule has 0 spiro atoms. The minimum Gasteiger partial charge on any atom is -0.366 e. The standard InChI is InChI=1S/C15H22N2O3S/c1-17-21(19,20)10-11-6-8-12(9-7-11)13-4-2-3-5-14(13)15(16)18/h2-5,11-12,17H,6-10H2,1H3,(H2,16,18). The highest BCUT2D eigenvalue weighted by atomic mass is 32.2. The van der Waals surface area contributed by atoms with Crippen LogP contribution in [0, 0.1) is 5.92 Å². The summed E-state index contributed by atoms with van der Waals surface area (Å²) in [6, 6.07) is 7.44. The first-order chi connectivity index (χ1) is 9.93. The summed E-state index contributed by atoms with van der Waals surface area (Å²) in [5, 5.41) is 0. The molecule has 0 saturated heterocycles. The molecule has 21 heavy (non-hydrogen) atoms. The third-order valence-corrected chi connectivity index (χ3v) is 5.81. The Morgan fingerprint density at radius 2 is 1.86 bits per heavy atom. The lowest BCUT2D eigenvalue weighted by Crippen LogP contribution is -2.29. The predicted molar refractivity (Wildman–Crippen MR) is 82.5 cm³/mol. The third-order valence-electron chi connectivity index (χ3n) is 4.28. The fourth-order valence-electron chi connectivity index (χ4n) is 3.11. The van der Waals surface area contributed by atoms with E-state index >= 15 is 0 Å². The Kier molecular flexibility index (Phi) is 5.00. The van der Waals surface area contributed by atoms with Crippen molar-refractivity contribution < 1.29 is 13.2 Å². The number of primary amides is 1. The second kappa shape index (κ2) is 6.58. The number of rotatable bonds is 5. The number of hydrogen-bond donors (Lipinski definition) is 2. The molecule has 0 unspecified atom stereocenters. The second-order valence-corrected chi connectivity index (χ2v) is 7.63. The number of nitrogens with two attached hydrogens (primary N) is 1. The van der Waals surface area contributed by atoms with Crippen LogP contribution in [-0.4, -0.2) is 27.1 Å². The number of nitrogens with one attached hydrogen (secondary N) is 1. The van der Waals surface area contributed by atoms with Crippen molar-refractivity contribution in [3.8, 4) is 0 Å². The van der Waals surface area contributed by atoms with Crippen LogP contribution in [-0.2, 0) is 10.0 Å². The molecule has 116 valence electrons. The zero-order valence-corrected chi connectivity index (χ0v) is 13.0. The highest BCUT2D eigenvalue weighted by molar-refractivity contribution is 7.89. The van der Waals surface area contributed by atoms with Crippen LogP contribution in [0.2, 0.25) is 0 Å². The zero-order chi connectivity index (χ0) is 15.5. The van der Waals surface area contributed by atoms with Crippen molar-refractivity contribution in [2.45, 2.75) is 31.6 Å². The van der Waals surface area contributed by atoms with Gasteiger partial charge in [0.1, 0.15) is 0 Å². The maximum Gasteiger partial charge on any atom is 0.248 e. The van der Waals surface area contributed by atoms with Crippen LogP contribution in [0.25, 0.3) is 0 Å². The quantitative estimate of drug-likeness (QED) is 0.866. The molecule has 1 aromatic carbocycles. The molecule has 6 heteroatoms. The van der Waals surface area contributed by atoms with Gasteiger partial charge in [-0.3, -0.25) is 4.79 Å². The number of carbonyl (C=O) groups excluding carboxylic acids is 1. The number of benzene rings is 1. The Hall–Kier alpha value is -1.40. The van der Waals surface area contributed by atoms with Crippen LogP contribution >= 0.6 is 0 Å². The molecule has 1 aliphatic rings. The molecule has 0 bridgehead atoms. The highest BCUT2D eigenvalue weighted by Crippen LogP contribution is 2.37. The summed E-state index contributed by atoms with van der Waals surface area (Å²) in [4.78, 5) is 11.5. The molecular weight excluding hydrogens is 288 g/mol. The van der Waals surface area contributed by atoms with Crippen LogP contribution in [0.15, 0.2) is 24.3 Å². The van der Waals surface area contributed by atoms with Gasteiger partial charge in [-0.2, -0.15) is 0 Å². The lowest BCUT2D eigenvalue weighted by atomic mass is 9.78. The monoisotopic (exact) mass is 310 g/mol. The molecule has 0 heterocycles. The molecule has 1 aromatic rings. The molecule has 1 saturated carbocycles. The van der Waals surface area contributed by atoms with E-state index < -0.39 is 15.9 Å². The van der Waals surface area contributed by atoms with Crippen LogP contribution in [0.4, 0.5) is 0 Å². The number of hydrogen-bond acceptors (Lipinski definition) is 3. The van der Waals surface area contributed by atoms with Crippen molar-refractivity contribution in [2.24, 2.45) is 11.7 Å².